The maximum Gasteiger partial charge on any atom is 0.415 e. The zero-order valence-electron chi connectivity index (χ0n) is 11.5. The predicted molar refractivity (Wildman–Crippen MR) is 75.5 cm³/mol. The quantitative estimate of drug-likeness (QED) is 0.874. The molecular formula is C14H21N3O2. The molecule has 1 aromatic carbocycles. The third kappa shape index (κ3) is 3.38. The van der Waals surface area contributed by atoms with Crippen LogP contribution in [0.5, 0.6) is 5.75 Å². The largest absolute Gasteiger partial charge is 0.415 e. The van der Waals surface area contributed by atoms with E-state index in [1.807, 2.05) is 32.0 Å². The number of carbonyl (C=O) groups excluding carboxylic acids is 1. The molecule has 1 aromatic rings. The van der Waals surface area contributed by atoms with Crippen molar-refractivity contribution in [2.75, 3.05) is 25.0 Å². The molecular weight excluding hydrogens is 242 g/mol. The zero-order chi connectivity index (χ0) is 13.8. The number of hydrogen-bond donors (Lipinski definition) is 2. The van der Waals surface area contributed by atoms with Crippen molar-refractivity contribution in [1.29, 1.82) is 0 Å². The number of amides is 1. The van der Waals surface area contributed by atoms with Crippen molar-refractivity contribution in [3.8, 4) is 5.75 Å². The second kappa shape index (κ2) is 5.93. The minimum atomic E-state index is -0.320. The summed E-state index contributed by atoms with van der Waals surface area (Å²) in [5, 5.41) is 3.24. The lowest BCUT2D eigenvalue weighted by Gasteiger charge is -2.16. The van der Waals surface area contributed by atoms with Crippen LogP contribution in [0.2, 0.25) is 0 Å². The Bertz CT molecular complexity index is 462. The van der Waals surface area contributed by atoms with Crippen LogP contribution < -0.4 is 15.8 Å². The van der Waals surface area contributed by atoms with Gasteiger partial charge in [-0.3, -0.25) is 0 Å². The molecule has 0 spiro atoms. The Balaban J connectivity index is 2.02. The maximum atomic E-state index is 11.9. The molecule has 1 aliphatic rings. The number of likely N-dealkylation sites (tertiary alicyclic amines) is 1. The van der Waals surface area contributed by atoms with Gasteiger partial charge >= 0.3 is 6.09 Å². The van der Waals surface area contributed by atoms with Gasteiger partial charge in [-0.05, 0) is 31.9 Å². The fraction of sp³-hybridized carbons (Fsp3) is 0.500. The average Bonchev–Trinajstić information content (AvgIpc) is 2.80. The van der Waals surface area contributed by atoms with E-state index < -0.39 is 0 Å². The van der Waals surface area contributed by atoms with Crippen molar-refractivity contribution < 1.29 is 9.53 Å². The molecule has 0 radical (unpaired) electrons. The summed E-state index contributed by atoms with van der Waals surface area (Å²) in [7, 11) is 0. The number of hydrogen-bond acceptors (Lipinski definition) is 4. The van der Waals surface area contributed by atoms with Gasteiger partial charge in [0.25, 0.3) is 0 Å². The Morgan fingerprint density at radius 1 is 1.58 bits per heavy atom. The first kappa shape index (κ1) is 13.7. The molecule has 19 heavy (non-hydrogen) atoms. The summed E-state index contributed by atoms with van der Waals surface area (Å²) in [6.07, 6.45) is 0.519. The van der Waals surface area contributed by atoms with E-state index >= 15 is 0 Å². The first-order valence-corrected chi connectivity index (χ1v) is 6.67. The van der Waals surface area contributed by atoms with Gasteiger partial charge < -0.3 is 20.7 Å². The van der Waals surface area contributed by atoms with Gasteiger partial charge in [0, 0.05) is 37.4 Å². The number of anilines is 1. The summed E-state index contributed by atoms with van der Waals surface area (Å²) in [5.41, 5.74) is 7.90. The number of ether oxygens (including phenoxy) is 1. The van der Waals surface area contributed by atoms with E-state index in [0.29, 0.717) is 18.8 Å². The number of carbonyl (C=O) groups is 1. The van der Waals surface area contributed by atoms with E-state index in [1.54, 1.807) is 4.90 Å². The second-order valence-electron chi connectivity index (χ2n) is 4.87. The molecule has 0 aromatic heterocycles. The van der Waals surface area contributed by atoms with Gasteiger partial charge in [-0.15, -0.1) is 0 Å². The molecule has 0 unspecified atom stereocenters. The number of nitrogens with zero attached hydrogens (tertiary/aromatic N) is 1. The zero-order valence-corrected chi connectivity index (χ0v) is 11.5. The van der Waals surface area contributed by atoms with Gasteiger partial charge in [-0.25, -0.2) is 4.79 Å². The van der Waals surface area contributed by atoms with Gasteiger partial charge in [-0.1, -0.05) is 6.07 Å². The van der Waals surface area contributed by atoms with Crippen molar-refractivity contribution in [3.05, 3.63) is 23.8 Å². The number of benzene rings is 1. The Morgan fingerprint density at radius 3 is 3.00 bits per heavy atom. The van der Waals surface area contributed by atoms with Crippen molar-refractivity contribution in [2.24, 2.45) is 5.73 Å². The molecule has 1 amide bonds. The molecule has 1 atom stereocenters. The van der Waals surface area contributed by atoms with Gasteiger partial charge in [0.15, 0.2) is 0 Å². The van der Waals surface area contributed by atoms with E-state index in [0.717, 1.165) is 24.2 Å². The van der Waals surface area contributed by atoms with E-state index in [-0.39, 0.29) is 12.1 Å². The number of nitrogens with one attached hydrogen (secondary N) is 1. The predicted octanol–water partition coefficient (Wildman–Crippen LogP) is 1.96. The van der Waals surface area contributed by atoms with Crippen LogP contribution >= 0.6 is 0 Å². The molecule has 0 saturated carbocycles. The van der Waals surface area contributed by atoms with Gasteiger partial charge in [0.1, 0.15) is 5.75 Å². The molecule has 2 rings (SSSR count). The highest BCUT2D eigenvalue weighted by molar-refractivity contribution is 5.72. The summed E-state index contributed by atoms with van der Waals surface area (Å²) in [5.74, 6) is 0.562. The standard InChI is InChI=1S/C14H21N3O2/c1-3-16-13-8-12(5-4-10(13)2)19-14(18)17-7-6-11(15)9-17/h4-5,8,11,16H,3,6-7,9,15H2,1-2H3/t11-/m1/s1. The number of aryl methyl sites for hydroxylation is 1. The van der Waals surface area contributed by atoms with Crippen molar-refractivity contribution >= 4 is 11.8 Å². The first-order chi connectivity index (χ1) is 9.10. The number of nitrogens with two attached hydrogens (primary N) is 1. The van der Waals surface area contributed by atoms with E-state index in [1.165, 1.54) is 0 Å². The lowest BCUT2D eigenvalue weighted by molar-refractivity contribution is 0.162. The second-order valence-corrected chi connectivity index (χ2v) is 4.87. The number of rotatable bonds is 3. The summed E-state index contributed by atoms with van der Waals surface area (Å²) in [6, 6.07) is 5.68. The molecule has 1 heterocycles. The Hall–Kier alpha value is -1.75. The summed E-state index contributed by atoms with van der Waals surface area (Å²) >= 11 is 0. The normalized spacial score (nSPS) is 18.5. The smallest absolute Gasteiger partial charge is 0.410 e. The molecule has 0 aliphatic carbocycles. The third-order valence-corrected chi connectivity index (χ3v) is 3.26. The van der Waals surface area contributed by atoms with Gasteiger partial charge in [-0.2, -0.15) is 0 Å². The molecule has 104 valence electrons. The van der Waals surface area contributed by atoms with Crippen LogP contribution in [-0.2, 0) is 0 Å². The van der Waals surface area contributed by atoms with Crippen molar-refractivity contribution in [3.63, 3.8) is 0 Å². The van der Waals surface area contributed by atoms with Crippen molar-refractivity contribution in [1.82, 2.24) is 4.90 Å². The highest BCUT2D eigenvalue weighted by Crippen LogP contribution is 2.23. The lowest BCUT2D eigenvalue weighted by atomic mass is 10.2. The van der Waals surface area contributed by atoms with Crippen LogP contribution in [0.3, 0.4) is 0 Å². The van der Waals surface area contributed by atoms with Crippen LogP contribution in [0.1, 0.15) is 18.9 Å². The van der Waals surface area contributed by atoms with Gasteiger partial charge in [0.05, 0.1) is 0 Å². The average molecular weight is 263 g/mol. The molecule has 0 bridgehead atoms. The third-order valence-electron chi connectivity index (χ3n) is 3.26. The van der Waals surface area contributed by atoms with E-state index in [2.05, 4.69) is 5.32 Å². The Labute approximate surface area is 113 Å². The van der Waals surface area contributed by atoms with E-state index in [4.69, 9.17) is 10.5 Å². The molecule has 1 aliphatic heterocycles. The van der Waals surface area contributed by atoms with E-state index in [9.17, 15) is 4.79 Å². The highest BCUT2D eigenvalue weighted by Gasteiger charge is 2.25. The fourth-order valence-electron chi connectivity index (χ4n) is 2.16. The fourth-order valence-corrected chi connectivity index (χ4v) is 2.16. The van der Waals surface area contributed by atoms with Crippen LogP contribution in [0.25, 0.3) is 0 Å². The minimum absolute atomic E-state index is 0.0721. The minimum Gasteiger partial charge on any atom is -0.410 e. The molecule has 1 fully saturated rings. The lowest BCUT2D eigenvalue weighted by Crippen LogP contribution is -2.34. The monoisotopic (exact) mass is 263 g/mol. The Morgan fingerprint density at radius 2 is 2.37 bits per heavy atom. The van der Waals surface area contributed by atoms with Crippen LogP contribution in [-0.4, -0.2) is 36.7 Å². The molecule has 1 saturated heterocycles. The maximum absolute atomic E-state index is 11.9. The molecule has 3 N–H and O–H groups in total. The topological polar surface area (TPSA) is 67.6 Å². The first-order valence-electron chi connectivity index (χ1n) is 6.67. The molecule has 5 nitrogen and oxygen atoms in total. The highest BCUT2D eigenvalue weighted by atomic mass is 16.6. The SMILES string of the molecule is CCNc1cc(OC(=O)N2CC[C@@H](N)C2)ccc1C. The van der Waals surface area contributed by atoms with Crippen LogP contribution in [0.15, 0.2) is 18.2 Å². The summed E-state index contributed by atoms with van der Waals surface area (Å²) in [4.78, 5) is 13.6. The Kier molecular flexibility index (Phi) is 4.27. The molecule has 5 heteroatoms. The summed E-state index contributed by atoms with van der Waals surface area (Å²) < 4.78 is 5.38. The van der Waals surface area contributed by atoms with Crippen molar-refractivity contribution in [2.45, 2.75) is 26.3 Å². The van der Waals surface area contributed by atoms with Gasteiger partial charge in [0.2, 0.25) is 0 Å². The summed E-state index contributed by atoms with van der Waals surface area (Å²) in [6.45, 7) is 6.13. The van der Waals surface area contributed by atoms with Crippen LogP contribution in [0.4, 0.5) is 10.5 Å². The van der Waals surface area contributed by atoms with Crippen LogP contribution in [0, 0.1) is 6.92 Å².